The highest BCUT2D eigenvalue weighted by Gasteiger charge is 2.19. The van der Waals surface area contributed by atoms with Crippen molar-refractivity contribution in [3.05, 3.63) is 47.2 Å². The van der Waals surface area contributed by atoms with Crippen molar-refractivity contribution >= 4 is 47.4 Å². The minimum absolute atomic E-state index is 0.107. The lowest BCUT2D eigenvalue weighted by Crippen LogP contribution is -2.05. The number of nitrogens with one attached hydrogen (secondary N) is 1. The molecule has 0 aliphatic heterocycles. The van der Waals surface area contributed by atoms with Gasteiger partial charge >= 0.3 is 0 Å². The molecule has 3 heterocycles. The van der Waals surface area contributed by atoms with Crippen molar-refractivity contribution in [2.75, 3.05) is 11.1 Å². The molecule has 0 unspecified atom stereocenters. The van der Waals surface area contributed by atoms with Gasteiger partial charge in [-0.25, -0.2) is 13.4 Å². The summed E-state index contributed by atoms with van der Waals surface area (Å²) in [6, 6.07) is 9.19. The summed E-state index contributed by atoms with van der Waals surface area (Å²) in [6.45, 7) is 9.38. The van der Waals surface area contributed by atoms with Crippen LogP contribution >= 0.6 is 11.3 Å². The number of aromatic nitrogens is 3. The third-order valence-corrected chi connectivity index (χ3v) is 8.04. The fourth-order valence-electron chi connectivity index (χ4n) is 3.70. The van der Waals surface area contributed by atoms with Crippen molar-refractivity contribution in [2.45, 2.75) is 52.1 Å². The molecule has 0 bridgehead atoms. The van der Waals surface area contributed by atoms with E-state index in [-0.39, 0.29) is 5.75 Å². The Kier molecular flexibility index (Phi) is 5.55. The lowest BCUT2D eigenvalue weighted by atomic mass is 10.1. The molecule has 6 nitrogen and oxygen atoms in total. The number of rotatable bonds is 7. The van der Waals surface area contributed by atoms with Crippen molar-refractivity contribution in [1.82, 2.24) is 14.8 Å². The van der Waals surface area contributed by atoms with Gasteiger partial charge in [0.1, 0.15) is 4.83 Å². The van der Waals surface area contributed by atoms with E-state index in [1.54, 1.807) is 30.4 Å². The van der Waals surface area contributed by atoms with Crippen LogP contribution in [0.5, 0.6) is 0 Å². The zero-order valence-corrected chi connectivity index (χ0v) is 19.3. The van der Waals surface area contributed by atoms with Crippen LogP contribution in [-0.2, 0) is 22.9 Å². The molecule has 1 aromatic carbocycles. The predicted octanol–water partition coefficient (Wildman–Crippen LogP) is 5.08. The molecule has 0 spiro atoms. The molecule has 0 saturated carbocycles. The molecule has 0 atom stereocenters. The Morgan fingerprint density at radius 1 is 1.13 bits per heavy atom. The van der Waals surface area contributed by atoms with E-state index in [1.807, 2.05) is 19.1 Å². The summed E-state index contributed by atoms with van der Waals surface area (Å²) in [5.41, 5.74) is 4.40. The highest BCUT2D eigenvalue weighted by Crippen LogP contribution is 2.39. The topological polar surface area (TPSA) is 76.9 Å². The van der Waals surface area contributed by atoms with Crippen molar-refractivity contribution in [2.24, 2.45) is 0 Å². The maximum Gasteiger partial charge on any atom is 0.178 e. The molecule has 4 rings (SSSR count). The fraction of sp³-hybridized carbons (Fsp3) is 0.364. The van der Waals surface area contributed by atoms with E-state index >= 15 is 0 Å². The molecule has 30 heavy (non-hydrogen) atoms. The molecule has 3 aromatic heterocycles. The lowest BCUT2D eigenvalue weighted by Gasteiger charge is -2.06. The first-order valence-electron chi connectivity index (χ1n) is 10.2. The first-order valence-corrected chi connectivity index (χ1v) is 12.6. The lowest BCUT2D eigenvalue weighted by molar-refractivity contribution is 0.597. The van der Waals surface area contributed by atoms with E-state index in [4.69, 9.17) is 10.1 Å². The van der Waals surface area contributed by atoms with Gasteiger partial charge < -0.3 is 5.32 Å². The van der Waals surface area contributed by atoms with Crippen LogP contribution in [0, 0.1) is 13.8 Å². The van der Waals surface area contributed by atoms with Crippen LogP contribution in [0.2, 0.25) is 0 Å². The zero-order chi connectivity index (χ0) is 21.5. The molecule has 0 amide bonds. The number of fused-ring (bicyclic) bond motifs is 3. The number of aryl methyl sites for hydroxylation is 3. The summed E-state index contributed by atoms with van der Waals surface area (Å²) in [5, 5.41) is 9.47. The number of sulfone groups is 1. The summed E-state index contributed by atoms with van der Waals surface area (Å²) >= 11 is 1.67. The van der Waals surface area contributed by atoms with Crippen molar-refractivity contribution in [3.63, 3.8) is 0 Å². The normalized spacial score (nSPS) is 12.1. The summed E-state index contributed by atoms with van der Waals surface area (Å²) in [6.07, 6.45) is 0.999. The molecule has 0 saturated heterocycles. The number of hydrogen-bond acceptors (Lipinski definition) is 6. The monoisotopic (exact) mass is 442 g/mol. The van der Waals surface area contributed by atoms with E-state index in [0.717, 1.165) is 45.1 Å². The highest BCUT2D eigenvalue weighted by atomic mass is 32.2. The van der Waals surface area contributed by atoms with E-state index in [9.17, 15) is 8.42 Å². The van der Waals surface area contributed by atoms with E-state index in [2.05, 4.69) is 29.9 Å². The van der Waals surface area contributed by atoms with Gasteiger partial charge in [-0.1, -0.05) is 26.0 Å². The van der Waals surface area contributed by atoms with Gasteiger partial charge in [-0.3, -0.25) is 4.68 Å². The average molecular weight is 443 g/mol. The Morgan fingerprint density at radius 2 is 1.87 bits per heavy atom. The molecular weight excluding hydrogens is 416 g/mol. The maximum absolute atomic E-state index is 12.0. The molecule has 0 aliphatic carbocycles. The van der Waals surface area contributed by atoms with Crippen LogP contribution in [0.3, 0.4) is 0 Å². The highest BCUT2D eigenvalue weighted by molar-refractivity contribution is 7.91. The molecule has 158 valence electrons. The summed E-state index contributed by atoms with van der Waals surface area (Å²) in [5.74, 6) is 0.958. The molecule has 0 radical (unpaired) electrons. The van der Waals surface area contributed by atoms with Gasteiger partial charge in [-0.05, 0) is 49.6 Å². The maximum atomic E-state index is 12.0. The minimum atomic E-state index is -3.18. The quantitative estimate of drug-likeness (QED) is 0.432. The second-order valence-corrected chi connectivity index (χ2v) is 10.8. The van der Waals surface area contributed by atoms with Gasteiger partial charge in [-0.2, -0.15) is 5.10 Å². The van der Waals surface area contributed by atoms with Gasteiger partial charge in [-0.15, -0.1) is 11.3 Å². The minimum Gasteiger partial charge on any atom is -0.363 e. The Bertz CT molecular complexity index is 1320. The van der Waals surface area contributed by atoms with Crippen molar-refractivity contribution in [1.29, 1.82) is 0 Å². The second-order valence-electron chi connectivity index (χ2n) is 7.51. The van der Waals surface area contributed by atoms with Gasteiger partial charge in [0.05, 0.1) is 20.9 Å². The predicted molar refractivity (Wildman–Crippen MR) is 124 cm³/mol. The Balaban J connectivity index is 1.68. The third kappa shape index (κ3) is 3.70. The molecule has 0 fully saturated rings. The number of pyridine rings is 1. The number of benzene rings is 1. The first-order chi connectivity index (χ1) is 14.3. The van der Waals surface area contributed by atoms with Crippen LogP contribution in [0.1, 0.15) is 37.1 Å². The molecule has 4 aromatic rings. The molecule has 0 aliphatic rings. The van der Waals surface area contributed by atoms with Crippen LogP contribution in [0.25, 0.3) is 20.4 Å². The van der Waals surface area contributed by atoms with Crippen LogP contribution in [-0.4, -0.2) is 28.9 Å². The smallest absolute Gasteiger partial charge is 0.178 e. The largest absolute Gasteiger partial charge is 0.363 e. The average Bonchev–Trinajstić information content (AvgIpc) is 3.24. The van der Waals surface area contributed by atoms with Gasteiger partial charge in [0.25, 0.3) is 0 Å². The molecular formula is C22H26N4O2S2. The second kappa shape index (κ2) is 8.00. The Morgan fingerprint density at radius 3 is 2.53 bits per heavy atom. The zero-order valence-electron chi connectivity index (χ0n) is 17.7. The van der Waals surface area contributed by atoms with Crippen LogP contribution in [0.4, 0.5) is 5.82 Å². The number of thiophene rings is 1. The van der Waals surface area contributed by atoms with E-state index < -0.39 is 9.84 Å². The van der Waals surface area contributed by atoms with Crippen LogP contribution in [0.15, 0.2) is 35.2 Å². The molecule has 8 heteroatoms. The van der Waals surface area contributed by atoms with Crippen molar-refractivity contribution < 1.29 is 8.42 Å². The van der Waals surface area contributed by atoms with E-state index in [0.29, 0.717) is 11.4 Å². The first kappa shape index (κ1) is 20.8. The van der Waals surface area contributed by atoms with Crippen LogP contribution < -0.4 is 5.32 Å². The Labute approximate surface area is 180 Å². The van der Waals surface area contributed by atoms with Gasteiger partial charge in [0, 0.05) is 24.2 Å². The Hall–Kier alpha value is -2.45. The van der Waals surface area contributed by atoms with Gasteiger partial charge in [0.2, 0.25) is 0 Å². The SMILES string of the molecule is CCCn1nc(NCc2ccc(S(=O)(=O)CC)cc2)c2sc3nc(C)cc(C)c3c21. The summed E-state index contributed by atoms with van der Waals surface area (Å²) in [7, 11) is -3.18. The fourth-order valence-corrected chi connectivity index (χ4v) is 5.84. The standard InChI is InChI=1S/C22H26N4O2S2/c1-5-11-26-19-18-14(3)12-15(4)24-22(18)29-20(19)21(25-26)23-13-16-7-9-17(10-8-16)30(27,28)6-2/h7-10,12H,5-6,11,13H2,1-4H3,(H,23,25). The van der Waals surface area contributed by atoms with Gasteiger partial charge in [0.15, 0.2) is 15.7 Å². The van der Waals surface area contributed by atoms with Crippen molar-refractivity contribution in [3.8, 4) is 0 Å². The number of anilines is 1. The molecule has 1 N–H and O–H groups in total. The summed E-state index contributed by atoms with van der Waals surface area (Å²) < 4.78 is 27.2. The summed E-state index contributed by atoms with van der Waals surface area (Å²) in [4.78, 5) is 6.15. The third-order valence-electron chi connectivity index (χ3n) is 5.21. The van der Waals surface area contributed by atoms with E-state index in [1.165, 1.54) is 10.9 Å². The number of hydrogen-bond donors (Lipinski definition) is 1. The number of nitrogens with zero attached hydrogens (tertiary/aromatic N) is 3.